The van der Waals surface area contributed by atoms with E-state index in [1.807, 2.05) is 13.8 Å². The molecule has 1 N–H and O–H groups in total. The molecule has 29 heavy (non-hydrogen) atoms. The van der Waals surface area contributed by atoms with E-state index >= 15 is 0 Å². The van der Waals surface area contributed by atoms with Crippen molar-refractivity contribution >= 4 is 27.5 Å². The molecule has 0 bridgehead atoms. The maximum Gasteiger partial charge on any atom is 0.258 e. The van der Waals surface area contributed by atoms with Gasteiger partial charge in [-0.25, -0.2) is 8.42 Å². The zero-order valence-electron chi connectivity index (χ0n) is 16.6. The van der Waals surface area contributed by atoms with Crippen molar-refractivity contribution < 1.29 is 17.9 Å². The van der Waals surface area contributed by atoms with Crippen molar-refractivity contribution in [3.63, 3.8) is 0 Å². The molecule has 1 fully saturated rings. The summed E-state index contributed by atoms with van der Waals surface area (Å²) >= 11 is 6.13. The van der Waals surface area contributed by atoms with Crippen LogP contribution in [0.2, 0.25) is 5.02 Å². The van der Waals surface area contributed by atoms with Crippen LogP contribution in [0.25, 0.3) is 0 Å². The first-order valence-electron chi connectivity index (χ1n) is 9.53. The van der Waals surface area contributed by atoms with Crippen LogP contribution in [0.15, 0.2) is 41.3 Å². The van der Waals surface area contributed by atoms with Gasteiger partial charge < -0.3 is 10.1 Å². The molecule has 0 spiro atoms. The Hall–Kier alpha value is -2.09. The fourth-order valence-corrected chi connectivity index (χ4v) is 4.87. The van der Waals surface area contributed by atoms with Crippen LogP contribution in [0.4, 0.5) is 0 Å². The quantitative estimate of drug-likeness (QED) is 0.721. The first-order chi connectivity index (χ1) is 13.8. The Morgan fingerprint density at radius 2 is 1.69 bits per heavy atom. The number of halogens is 1. The number of hydrogen-bond acceptors (Lipinski definition) is 4. The summed E-state index contributed by atoms with van der Waals surface area (Å²) in [6, 6.07) is 10.2. The molecule has 0 radical (unpaired) electrons. The number of carbonyl (C=O) groups is 1. The standard InChI is InChI=1S/C21H25ClN2O4S/c1-15-11-18(12-16(2)21(15)22)28-14-20(25)23-13-17-5-7-19(8-6-17)29(26,27)24-9-3-4-10-24/h5-8,11-12H,3-4,9-10,13-14H2,1-2H3,(H,23,25). The van der Waals surface area contributed by atoms with Crippen LogP contribution in [0.3, 0.4) is 0 Å². The van der Waals surface area contributed by atoms with Crippen LogP contribution in [-0.4, -0.2) is 38.3 Å². The van der Waals surface area contributed by atoms with Gasteiger partial charge >= 0.3 is 0 Å². The Bertz CT molecular complexity index is 961. The summed E-state index contributed by atoms with van der Waals surface area (Å²) in [6.45, 7) is 5.11. The van der Waals surface area contributed by atoms with Crippen molar-refractivity contribution in [1.82, 2.24) is 9.62 Å². The molecule has 0 atom stereocenters. The molecular weight excluding hydrogens is 412 g/mol. The predicted molar refractivity (Wildman–Crippen MR) is 113 cm³/mol. The van der Waals surface area contributed by atoms with Crippen LogP contribution in [0.1, 0.15) is 29.5 Å². The number of nitrogens with zero attached hydrogens (tertiary/aromatic N) is 1. The van der Waals surface area contributed by atoms with Gasteiger partial charge in [0.25, 0.3) is 5.91 Å². The first kappa shape index (κ1) is 21.6. The number of sulfonamides is 1. The molecule has 0 saturated carbocycles. The van der Waals surface area contributed by atoms with E-state index in [-0.39, 0.29) is 17.4 Å². The van der Waals surface area contributed by atoms with Crippen molar-refractivity contribution in [3.05, 3.63) is 58.1 Å². The van der Waals surface area contributed by atoms with Crippen LogP contribution in [0, 0.1) is 13.8 Å². The van der Waals surface area contributed by atoms with Crippen LogP contribution >= 0.6 is 11.6 Å². The van der Waals surface area contributed by atoms with Gasteiger partial charge in [-0.15, -0.1) is 0 Å². The lowest BCUT2D eigenvalue weighted by atomic mass is 10.1. The van der Waals surface area contributed by atoms with Gasteiger partial charge in [-0.3, -0.25) is 4.79 Å². The van der Waals surface area contributed by atoms with Gasteiger partial charge in [-0.05, 0) is 67.6 Å². The largest absolute Gasteiger partial charge is 0.484 e. The number of amides is 1. The Balaban J connectivity index is 1.51. The molecular formula is C21H25ClN2O4S. The average molecular weight is 437 g/mol. The van der Waals surface area contributed by atoms with E-state index in [1.54, 1.807) is 36.4 Å². The molecule has 2 aromatic rings. The van der Waals surface area contributed by atoms with Crippen molar-refractivity contribution in [3.8, 4) is 5.75 Å². The normalized spacial score (nSPS) is 14.7. The van der Waals surface area contributed by atoms with Gasteiger partial charge in [-0.2, -0.15) is 4.31 Å². The number of rotatable bonds is 7. The molecule has 1 aliphatic heterocycles. The molecule has 1 saturated heterocycles. The highest BCUT2D eigenvalue weighted by atomic mass is 35.5. The van der Waals surface area contributed by atoms with Crippen LogP contribution in [-0.2, 0) is 21.4 Å². The summed E-state index contributed by atoms with van der Waals surface area (Å²) in [6.07, 6.45) is 1.81. The topological polar surface area (TPSA) is 75.7 Å². The summed E-state index contributed by atoms with van der Waals surface area (Å²) < 4.78 is 32.1. The Kier molecular flexibility index (Phi) is 6.82. The molecule has 0 aromatic heterocycles. The molecule has 1 amide bonds. The second kappa shape index (κ2) is 9.15. The second-order valence-electron chi connectivity index (χ2n) is 7.19. The third-order valence-corrected chi connectivity index (χ3v) is 7.40. The molecule has 3 rings (SSSR count). The Labute approximate surface area is 176 Å². The molecule has 156 valence electrons. The third-order valence-electron chi connectivity index (χ3n) is 4.90. The molecule has 1 heterocycles. The fraction of sp³-hybridized carbons (Fsp3) is 0.381. The van der Waals surface area contributed by atoms with E-state index in [0.717, 1.165) is 29.5 Å². The molecule has 8 heteroatoms. The first-order valence-corrected chi connectivity index (χ1v) is 11.3. The molecule has 6 nitrogen and oxygen atoms in total. The summed E-state index contributed by atoms with van der Waals surface area (Å²) in [5, 5.41) is 3.46. The van der Waals surface area contributed by atoms with Gasteiger partial charge in [0.05, 0.1) is 4.90 Å². The summed E-state index contributed by atoms with van der Waals surface area (Å²) in [5.41, 5.74) is 2.61. The van der Waals surface area contributed by atoms with E-state index in [2.05, 4.69) is 5.32 Å². The minimum absolute atomic E-state index is 0.109. The van der Waals surface area contributed by atoms with Gasteiger partial charge in [-0.1, -0.05) is 23.7 Å². The number of carbonyl (C=O) groups excluding carboxylic acids is 1. The molecule has 0 unspecified atom stereocenters. The average Bonchev–Trinajstić information content (AvgIpc) is 3.25. The lowest BCUT2D eigenvalue weighted by Crippen LogP contribution is -2.29. The van der Waals surface area contributed by atoms with Gasteiger partial charge in [0.1, 0.15) is 5.75 Å². The number of nitrogens with one attached hydrogen (secondary N) is 1. The van der Waals surface area contributed by atoms with E-state index in [1.165, 1.54) is 4.31 Å². The summed E-state index contributed by atoms with van der Waals surface area (Å²) in [7, 11) is -3.42. The predicted octanol–water partition coefficient (Wildman–Crippen LogP) is 3.44. The van der Waals surface area contributed by atoms with Crippen molar-refractivity contribution in [2.75, 3.05) is 19.7 Å². The number of ether oxygens (including phenoxy) is 1. The summed E-state index contributed by atoms with van der Waals surface area (Å²) in [4.78, 5) is 12.3. The van der Waals surface area contributed by atoms with Crippen molar-refractivity contribution in [1.29, 1.82) is 0 Å². The zero-order chi connectivity index (χ0) is 21.0. The van der Waals surface area contributed by atoms with Gasteiger partial charge in [0.2, 0.25) is 10.0 Å². The third kappa shape index (κ3) is 5.29. The minimum atomic E-state index is -3.42. The number of benzene rings is 2. The van der Waals surface area contributed by atoms with Gasteiger partial charge in [0.15, 0.2) is 6.61 Å². The molecule has 2 aromatic carbocycles. The van der Waals surface area contributed by atoms with Gasteiger partial charge in [0, 0.05) is 24.7 Å². The van der Waals surface area contributed by atoms with E-state index in [9.17, 15) is 13.2 Å². The van der Waals surface area contributed by atoms with Crippen molar-refractivity contribution in [2.24, 2.45) is 0 Å². The number of aryl methyl sites for hydroxylation is 2. The van der Waals surface area contributed by atoms with E-state index in [0.29, 0.717) is 30.4 Å². The maximum absolute atomic E-state index is 12.5. The van der Waals surface area contributed by atoms with Crippen LogP contribution < -0.4 is 10.1 Å². The SMILES string of the molecule is Cc1cc(OCC(=O)NCc2ccc(S(=O)(=O)N3CCCC3)cc2)cc(C)c1Cl. The fourth-order valence-electron chi connectivity index (χ4n) is 3.25. The minimum Gasteiger partial charge on any atom is -0.484 e. The van der Waals surface area contributed by atoms with E-state index in [4.69, 9.17) is 16.3 Å². The Morgan fingerprint density at radius 1 is 1.10 bits per heavy atom. The smallest absolute Gasteiger partial charge is 0.258 e. The monoisotopic (exact) mass is 436 g/mol. The molecule has 1 aliphatic rings. The maximum atomic E-state index is 12.5. The lowest BCUT2D eigenvalue weighted by molar-refractivity contribution is -0.123. The highest BCUT2D eigenvalue weighted by Gasteiger charge is 2.26. The highest BCUT2D eigenvalue weighted by Crippen LogP contribution is 2.26. The number of hydrogen-bond donors (Lipinski definition) is 1. The Morgan fingerprint density at radius 3 is 2.28 bits per heavy atom. The highest BCUT2D eigenvalue weighted by molar-refractivity contribution is 7.89. The van der Waals surface area contributed by atoms with E-state index < -0.39 is 10.0 Å². The lowest BCUT2D eigenvalue weighted by Gasteiger charge is -2.15. The zero-order valence-corrected chi connectivity index (χ0v) is 18.1. The summed E-state index contributed by atoms with van der Waals surface area (Å²) in [5.74, 6) is 0.333. The second-order valence-corrected chi connectivity index (χ2v) is 9.51. The van der Waals surface area contributed by atoms with Crippen LogP contribution in [0.5, 0.6) is 5.75 Å². The van der Waals surface area contributed by atoms with Crippen molar-refractivity contribution in [2.45, 2.75) is 38.1 Å². The molecule has 0 aliphatic carbocycles.